The third-order valence-electron chi connectivity index (χ3n) is 4.17. The molecule has 0 saturated carbocycles. The molecular weight excluding hydrogens is 296 g/mol. The molecule has 0 unspecified atom stereocenters. The summed E-state index contributed by atoms with van der Waals surface area (Å²) in [5, 5.41) is 0. The van der Waals surface area contributed by atoms with Crippen LogP contribution < -0.4 is 10.6 Å². The average molecular weight is 318 g/mol. The zero-order valence-electron chi connectivity index (χ0n) is 13.7. The number of carbonyl (C=O) groups excluding carboxylic acids is 2. The van der Waals surface area contributed by atoms with E-state index in [0.29, 0.717) is 24.6 Å². The van der Waals surface area contributed by atoms with E-state index in [1.54, 1.807) is 28.1 Å². The van der Waals surface area contributed by atoms with Crippen LogP contribution in [-0.2, 0) is 9.53 Å². The minimum absolute atomic E-state index is 0.0788. The third kappa shape index (κ3) is 2.95. The summed E-state index contributed by atoms with van der Waals surface area (Å²) in [4.78, 5) is 32.4. The number of likely N-dealkylation sites (tertiary alicyclic amines) is 1. The normalized spacial score (nSPS) is 24.0. The van der Waals surface area contributed by atoms with Crippen molar-refractivity contribution in [3.05, 3.63) is 18.3 Å². The van der Waals surface area contributed by atoms with Crippen LogP contribution in [0.25, 0.3) is 0 Å². The van der Waals surface area contributed by atoms with Crippen LogP contribution in [0.1, 0.15) is 27.2 Å². The first kappa shape index (κ1) is 15.6. The Balaban J connectivity index is 1.77. The Labute approximate surface area is 135 Å². The van der Waals surface area contributed by atoms with Crippen molar-refractivity contribution < 1.29 is 14.3 Å². The van der Waals surface area contributed by atoms with E-state index >= 15 is 0 Å². The SMILES string of the molecule is CC(C)(C)OC(=O)N1CC[C@@H]2CN(c3ccc(N)nc3)C(=O)[C@@H]21. The first-order chi connectivity index (χ1) is 10.8. The fourth-order valence-electron chi connectivity index (χ4n) is 3.18. The molecule has 3 heterocycles. The lowest BCUT2D eigenvalue weighted by Gasteiger charge is -2.28. The van der Waals surface area contributed by atoms with Gasteiger partial charge in [-0.2, -0.15) is 0 Å². The fourth-order valence-corrected chi connectivity index (χ4v) is 3.18. The van der Waals surface area contributed by atoms with Crippen molar-refractivity contribution >= 4 is 23.5 Å². The summed E-state index contributed by atoms with van der Waals surface area (Å²) in [6.45, 7) is 6.61. The van der Waals surface area contributed by atoms with Crippen LogP contribution in [0.3, 0.4) is 0 Å². The molecule has 3 rings (SSSR count). The highest BCUT2D eigenvalue weighted by molar-refractivity contribution is 6.01. The van der Waals surface area contributed by atoms with Crippen LogP contribution in [0.15, 0.2) is 18.3 Å². The number of rotatable bonds is 1. The molecule has 0 radical (unpaired) electrons. The van der Waals surface area contributed by atoms with Gasteiger partial charge in [0.15, 0.2) is 0 Å². The summed E-state index contributed by atoms with van der Waals surface area (Å²) in [5.41, 5.74) is 5.73. The van der Waals surface area contributed by atoms with E-state index < -0.39 is 17.7 Å². The molecule has 1 aromatic heterocycles. The van der Waals surface area contributed by atoms with Crippen LogP contribution >= 0.6 is 0 Å². The molecular formula is C16H22N4O3. The molecule has 2 fully saturated rings. The van der Waals surface area contributed by atoms with Gasteiger partial charge in [-0.25, -0.2) is 9.78 Å². The number of nitrogens with zero attached hydrogens (tertiary/aromatic N) is 3. The highest BCUT2D eigenvalue weighted by atomic mass is 16.6. The Morgan fingerprint density at radius 3 is 2.74 bits per heavy atom. The van der Waals surface area contributed by atoms with Gasteiger partial charge in [0.05, 0.1) is 11.9 Å². The smallest absolute Gasteiger partial charge is 0.410 e. The largest absolute Gasteiger partial charge is 0.444 e. The maximum Gasteiger partial charge on any atom is 0.410 e. The number of nitrogen functional groups attached to an aromatic ring is 1. The standard InChI is InChI=1S/C16H22N4O3/c1-16(2,3)23-15(22)19-7-6-10-9-20(14(21)13(10)19)11-4-5-12(17)18-8-11/h4-5,8,10,13H,6-7,9H2,1-3H3,(H2,17,18)/t10-,13-/m1/s1. The van der Waals surface area contributed by atoms with Crippen LogP contribution in [0.4, 0.5) is 16.3 Å². The first-order valence-electron chi connectivity index (χ1n) is 7.79. The van der Waals surface area contributed by atoms with E-state index in [9.17, 15) is 9.59 Å². The summed E-state index contributed by atoms with van der Waals surface area (Å²) in [5.74, 6) is 0.466. The lowest BCUT2D eigenvalue weighted by molar-refractivity contribution is -0.121. The zero-order valence-corrected chi connectivity index (χ0v) is 13.7. The summed E-state index contributed by atoms with van der Waals surface area (Å²) < 4.78 is 5.42. The van der Waals surface area contributed by atoms with Gasteiger partial charge in [-0.3, -0.25) is 9.69 Å². The van der Waals surface area contributed by atoms with Gasteiger partial charge in [0.25, 0.3) is 0 Å². The third-order valence-corrected chi connectivity index (χ3v) is 4.17. The molecule has 23 heavy (non-hydrogen) atoms. The van der Waals surface area contributed by atoms with E-state index in [0.717, 1.165) is 6.42 Å². The molecule has 2 aliphatic heterocycles. The molecule has 0 spiro atoms. The highest BCUT2D eigenvalue weighted by Gasteiger charge is 2.50. The first-order valence-corrected chi connectivity index (χ1v) is 7.79. The fraction of sp³-hybridized carbons (Fsp3) is 0.562. The Kier molecular flexibility index (Phi) is 3.66. The summed E-state index contributed by atoms with van der Waals surface area (Å²) in [7, 11) is 0. The summed E-state index contributed by atoms with van der Waals surface area (Å²) >= 11 is 0. The molecule has 0 aliphatic carbocycles. The molecule has 7 heteroatoms. The molecule has 0 bridgehead atoms. The number of aromatic nitrogens is 1. The minimum atomic E-state index is -0.572. The molecule has 2 N–H and O–H groups in total. The van der Waals surface area contributed by atoms with Gasteiger partial charge in [0, 0.05) is 19.0 Å². The van der Waals surface area contributed by atoms with Crippen molar-refractivity contribution in [2.75, 3.05) is 23.7 Å². The van der Waals surface area contributed by atoms with Crippen LogP contribution in [0, 0.1) is 5.92 Å². The number of amides is 2. The summed E-state index contributed by atoms with van der Waals surface area (Å²) in [6, 6.07) is 3.00. The predicted molar refractivity (Wildman–Crippen MR) is 85.8 cm³/mol. The number of hydrogen-bond donors (Lipinski definition) is 1. The lowest BCUT2D eigenvalue weighted by Crippen LogP contribution is -2.45. The Morgan fingerprint density at radius 1 is 1.39 bits per heavy atom. The minimum Gasteiger partial charge on any atom is -0.444 e. The van der Waals surface area contributed by atoms with E-state index in [1.165, 1.54) is 0 Å². The van der Waals surface area contributed by atoms with Crippen molar-refractivity contribution in [1.82, 2.24) is 9.88 Å². The van der Waals surface area contributed by atoms with E-state index in [-0.39, 0.29) is 11.8 Å². The molecule has 0 aromatic carbocycles. The van der Waals surface area contributed by atoms with Gasteiger partial charge in [0.1, 0.15) is 17.5 Å². The maximum atomic E-state index is 12.8. The van der Waals surface area contributed by atoms with Gasteiger partial charge in [-0.1, -0.05) is 0 Å². The molecule has 124 valence electrons. The van der Waals surface area contributed by atoms with Crippen molar-refractivity contribution in [3.63, 3.8) is 0 Å². The molecule has 2 atom stereocenters. The van der Waals surface area contributed by atoms with E-state index in [1.807, 2.05) is 20.8 Å². The van der Waals surface area contributed by atoms with Crippen molar-refractivity contribution in [3.8, 4) is 0 Å². The quantitative estimate of drug-likeness (QED) is 0.850. The van der Waals surface area contributed by atoms with Gasteiger partial charge >= 0.3 is 6.09 Å². The number of ether oxygens (including phenoxy) is 1. The maximum absolute atomic E-state index is 12.8. The monoisotopic (exact) mass is 318 g/mol. The van der Waals surface area contributed by atoms with Gasteiger partial charge in [-0.05, 0) is 39.3 Å². The van der Waals surface area contributed by atoms with Gasteiger partial charge in [-0.15, -0.1) is 0 Å². The number of pyridine rings is 1. The molecule has 2 amide bonds. The molecule has 1 aromatic rings. The zero-order chi connectivity index (χ0) is 16.8. The Bertz CT molecular complexity index is 623. The van der Waals surface area contributed by atoms with E-state index in [4.69, 9.17) is 10.5 Å². The second kappa shape index (κ2) is 5.40. The van der Waals surface area contributed by atoms with Crippen molar-refractivity contribution in [2.24, 2.45) is 5.92 Å². The van der Waals surface area contributed by atoms with Crippen LogP contribution in [-0.4, -0.2) is 46.6 Å². The average Bonchev–Trinajstić information content (AvgIpc) is 2.99. The number of anilines is 2. The number of carbonyl (C=O) groups is 2. The second-order valence-corrected chi connectivity index (χ2v) is 7.06. The van der Waals surface area contributed by atoms with Crippen molar-refractivity contribution in [1.29, 1.82) is 0 Å². The number of fused-ring (bicyclic) bond motifs is 1. The van der Waals surface area contributed by atoms with Gasteiger partial charge < -0.3 is 15.4 Å². The Morgan fingerprint density at radius 2 is 2.13 bits per heavy atom. The van der Waals surface area contributed by atoms with Crippen LogP contribution in [0.2, 0.25) is 0 Å². The molecule has 7 nitrogen and oxygen atoms in total. The predicted octanol–water partition coefficient (Wildman–Crippen LogP) is 1.64. The second-order valence-electron chi connectivity index (χ2n) is 7.06. The van der Waals surface area contributed by atoms with Crippen LogP contribution in [0.5, 0.6) is 0 Å². The van der Waals surface area contributed by atoms with Gasteiger partial charge in [0.2, 0.25) is 5.91 Å². The van der Waals surface area contributed by atoms with Crippen molar-refractivity contribution in [2.45, 2.75) is 38.8 Å². The molecule has 2 aliphatic rings. The number of nitrogens with two attached hydrogens (primary N) is 1. The topological polar surface area (TPSA) is 88.8 Å². The summed E-state index contributed by atoms with van der Waals surface area (Å²) in [6.07, 6.45) is 1.97. The molecule has 2 saturated heterocycles. The lowest BCUT2D eigenvalue weighted by atomic mass is 10.0. The van der Waals surface area contributed by atoms with E-state index in [2.05, 4.69) is 4.98 Å². The highest BCUT2D eigenvalue weighted by Crippen LogP contribution is 2.35. The Hall–Kier alpha value is -2.31. The number of hydrogen-bond acceptors (Lipinski definition) is 5.